The maximum atomic E-state index is 10.6. The van der Waals surface area contributed by atoms with E-state index in [4.69, 9.17) is 5.73 Å². The summed E-state index contributed by atoms with van der Waals surface area (Å²) in [7, 11) is 0. The number of halogens is 1. The van der Waals surface area contributed by atoms with Crippen LogP contribution in [0, 0.1) is 10.1 Å². The van der Waals surface area contributed by atoms with Crippen LogP contribution in [-0.2, 0) is 0 Å². The minimum atomic E-state index is -0.545. The average Bonchev–Trinajstić information content (AvgIpc) is 2.32. The van der Waals surface area contributed by atoms with E-state index in [1.807, 2.05) is 24.3 Å². The molecule has 5 nitrogen and oxygen atoms in total. The van der Waals surface area contributed by atoms with Crippen molar-refractivity contribution in [3.05, 3.63) is 51.0 Å². The Bertz CT molecular complexity index is 589. The van der Waals surface area contributed by atoms with Gasteiger partial charge in [0.25, 0.3) is 0 Å². The molecule has 0 bridgehead atoms. The van der Waals surface area contributed by atoms with E-state index in [-0.39, 0.29) is 11.5 Å². The lowest BCUT2D eigenvalue weighted by molar-refractivity contribution is -0.384. The van der Waals surface area contributed by atoms with Crippen LogP contribution >= 0.6 is 27.7 Å². The zero-order chi connectivity index (χ0) is 13.1. The third kappa shape index (κ3) is 2.99. The molecule has 18 heavy (non-hydrogen) atoms. The van der Waals surface area contributed by atoms with Crippen LogP contribution in [-0.4, -0.2) is 9.91 Å². The van der Waals surface area contributed by atoms with Crippen LogP contribution in [0.4, 0.5) is 11.5 Å². The predicted octanol–water partition coefficient (Wildman–Crippen LogP) is 3.49. The van der Waals surface area contributed by atoms with Gasteiger partial charge >= 0.3 is 5.69 Å². The molecule has 0 aliphatic rings. The Labute approximate surface area is 116 Å². The van der Waals surface area contributed by atoms with Crippen LogP contribution < -0.4 is 5.73 Å². The van der Waals surface area contributed by atoms with Gasteiger partial charge < -0.3 is 5.73 Å². The first kappa shape index (κ1) is 12.8. The normalized spacial score (nSPS) is 10.3. The Morgan fingerprint density at radius 3 is 2.44 bits per heavy atom. The number of nitro groups is 1. The topological polar surface area (TPSA) is 82.0 Å². The van der Waals surface area contributed by atoms with E-state index in [2.05, 4.69) is 20.9 Å². The van der Waals surface area contributed by atoms with Gasteiger partial charge in [-0.3, -0.25) is 10.1 Å². The number of hydrogen-bond donors (Lipinski definition) is 1. The molecule has 1 aromatic carbocycles. The maximum absolute atomic E-state index is 10.6. The smallest absolute Gasteiger partial charge is 0.311 e. The summed E-state index contributed by atoms with van der Waals surface area (Å²) in [6.07, 6.45) is 0. The number of benzene rings is 1. The van der Waals surface area contributed by atoms with E-state index in [1.165, 1.54) is 17.8 Å². The molecule has 0 fully saturated rings. The zero-order valence-electron chi connectivity index (χ0n) is 9.04. The number of nitrogens with two attached hydrogens (primary N) is 1. The third-order valence-corrected chi connectivity index (χ3v) is 3.58. The van der Waals surface area contributed by atoms with Crippen LogP contribution in [0.1, 0.15) is 0 Å². The van der Waals surface area contributed by atoms with Gasteiger partial charge in [-0.2, -0.15) is 0 Å². The van der Waals surface area contributed by atoms with E-state index in [0.29, 0.717) is 5.03 Å². The molecular formula is C11H8BrN3O2S. The van der Waals surface area contributed by atoms with E-state index < -0.39 is 4.92 Å². The minimum Gasteiger partial charge on any atom is -0.378 e. The van der Waals surface area contributed by atoms with E-state index >= 15 is 0 Å². The highest BCUT2D eigenvalue weighted by atomic mass is 79.9. The molecule has 0 amide bonds. The van der Waals surface area contributed by atoms with Crippen molar-refractivity contribution in [3.8, 4) is 0 Å². The van der Waals surface area contributed by atoms with Crippen molar-refractivity contribution in [2.75, 3.05) is 5.73 Å². The molecule has 92 valence electrons. The molecular weight excluding hydrogens is 318 g/mol. The van der Waals surface area contributed by atoms with Gasteiger partial charge in [0.1, 0.15) is 5.03 Å². The summed E-state index contributed by atoms with van der Waals surface area (Å²) in [4.78, 5) is 15.0. The van der Waals surface area contributed by atoms with Gasteiger partial charge in [0, 0.05) is 15.4 Å². The van der Waals surface area contributed by atoms with E-state index in [9.17, 15) is 10.1 Å². The molecule has 7 heteroatoms. The molecule has 1 aromatic heterocycles. The summed E-state index contributed by atoms with van der Waals surface area (Å²) < 4.78 is 0.989. The van der Waals surface area contributed by atoms with Crippen molar-refractivity contribution in [2.45, 2.75) is 9.92 Å². The summed E-state index contributed by atoms with van der Waals surface area (Å²) in [5, 5.41) is 11.2. The number of pyridine rings is 1. The van der Waals surface area contributed by atoms with Crippen LogP contribution in [0.15, 0.2) is 50.8 Å². The zero-order valence-corrected chi connectivity index (χ0v) is 11.4. The Kier molecular flexibility index (Phi) is 3.83. The predicted molar refractivity (Wildman–Crippen MR) is 73.6 cm³/mol. The molecule has 2 aromatic rings. The van der Waals surface area contributed by atoms with E-state index in [0.717, 1.165) is 9.37 Å². The highest BCUT2D eigenvalue weighted by Gasteiger charge is 2.13. The number of rotatable bonds is 3. The van der Waals surface area contributed by atoms with Gasteiger partial charge in [0.2, 0.25) is 5.82 Å². The Balaban J connectivity index is 2.22. The largest absolute Gasteiger partial charge is 0.378 e. The Morgan fingerprint density at radius 1 is 1.22 bits per heavy atom. The Morgan fingerprint density at radius 2 is 1.89 bits per heavy atom. The lowest BCUT2D eigenvalue weighted by Crippen LogP contribution is -1.98. The molecule has 0 spiro atoms. The molecule has 1 heterocycles. The van der Waals surface area contributed by atoms with Crippen LogP contribution in [0.25, 0.3) is 0 Å². The van der Waals surface area contributed by atoms with Gasteiger partial charge in [0.05, 0.1) is 4.92 Å². The molecule has 0 aliphatic carbocycles. The molecule has 0 saturated carbocycles. The summed E-state index contributed by atoms with van der Waals surface area (Å²) in [5.41, 5.74) is 5.36. The fourth-order valence-corrected chi connectivity index (χ4v) is 2.34. The standard InChI is InChI=1S/C11H8BrN3O2S/c12-7-1-3-8(4-2-7)18-10-6-5-9(15(16)17)11(13)14-10/h1-6H,(H2,13,14). The molecule has 0 aliphatic heterocycles. The monoisotopic (exact) mass is 325 g/mol. The molecule has 0 unspecified atom stereocenters. The highest BCUT2D eigenvalue weighted by molar-refractivity contribution is 9.10. The van der Waals surface area contributed by atoms with Crippen molar-refractivity contribution in [3.63, 3.8) is 0 Å². The second-order valence-electron chi connectivity index (χ2n) is 3.37. The van der Waals surface area contributed by atoms with Gasteiger partial charge in [-0.15, -0.1) is 0 Å². The lowest BCUT2D eigenvalue weighted by atomic mass is 10.4. The quantitative estimate of drug-likeness (QED) is 0.690. The first-order chi connectivity index (χ1) is 8.56. The number of nitrogen functional groups attached to an aromatic ring is 1. The fourth-order valence-electron chi connectivity index (χ4n) is 1.28. The number of hydrogen-bond acceptors (Lipinski definition) is 5. The molecule has 0 saturated heterocycles. The second-order valence-corrected chi connectivity index (χ2v) is 5.38. The summed E-state index contributed by atoms with van der Waals surface area (Å²) >= 11 is 4.74. The molecule has 0 radical (unpaired) electrons. The van der Waals surface area contributed by atoms with Crippen molar-refractivity contribution >= 4 is 39.2 Å². The van der Waals surface area contributed by atoms with Crippen LogP contribution in [0.5, 0.6) is 0 Å². The lowest BCUT2D eigenvalue weighted by Gasteiger charge is -2.02. The first-order valence-electron chi connectivity index (χ1n) is 4.90. The summed E-state index contributed by atoms with van der Waals surface area (Å²) in [6, 6.07) is 10.6. The molecule has 2 rings (SSSR count). The second kappa shape index (κ2) is 5.36. The molecule has 0 atom stereocenters. The minimum absolute atomic E-state index is 0.0675. The van der Waals surface area contributed by atoms with Gasteiger partial charge in [-0.25, -0.2) is 4.98 Å². The Hall–Kier alpha value is -1.60. The summed E-state index contributed by atoms with van der Waals surface area (Å²) in [5.74, 6) is -0.0675. The average molecular weight is 326 g/mol. The van der Waals surface area contributed by atoms with Gasteiger partial charge in [0.15, 0.2) is 0 Å². The van der Waals surface area contributed by atoms with Gasteiger partial charge in [-0.1, -0.05) is 27.7 Å². The van der Waals surface area contributed by atoms with Crippen LogP contribution in [0.2, 0.25) is 0 Å². The van der Waals surface area contributed by atoms with E-state index in [1.54, 1.807) is 6.07 Å². The maximum Gasteiger partial charge on any atom is 0.311 e. The van der Waals surface area contributed by atoms with Crippen molar-refractivity contribution in [1.82, 2.24) is 4.98 Å². The van der Waals surface area contributed by atoms with Crippen molar-refractivity contribution < 1.29 is 4.92 Å². The highest BCUT2D eigenvalue weighted by Crippen LogP contribution is 2.30. The van der Waals surface area contributed by atoms with Gasteiger partial charge in [-0.05, 0) is 30.3 Å². The first-order valence-corrected chi connectivity index (χ1v) is 6.51. The molecule has 2 N–H and O–H groups in total. The number of anilines is 1. The fraction of sp³-hybridized carbons (Fsp3) is 0. The number of aromatic nitrogens is 1. The van der Waals surface area contributed by atoms with Crippen LogP contribution in [0.3, 0.4) is 0 Å². The SMILES string of the molecule is Nc1nc(Sc2ccc(Br)cc2)ccc1[N+](=O)[O-]. The number of nitrogens with zero attached hydrogens (tertiary/aromatic N) is 2. The van der Waals surface area contributed by atoms with Crippen molar-refractivity contribution in [1.29, 1.82) is 0 Å². The third-order valence-electron chi connectivity index (χ3n) is 2.11. The van der Waals surface area contributed by atoms with Crippen molar-refractivity contribution in [2.24, 2.45) is 0 Å². The summed E-state index contributed by atoms with van der Waals surface area (Å²) in [6.45, 7) is 0.